The van der Waals surface area contributed by atoms with Gasteiger partial charge in [-0.3, -0.25) is 4.68 Å². The Morgan fingerprint density at radius 1 is 1.15 bits per heavy atom. The molecule has 13 nitrogen and oxygen atoms in total. The third-order valence-corrected chi connectivity index (χ3v) is 6.91. The van der Waals surface area contributed by atoms with Gasteiger partial charge in [-0.15, -0.1) is 0 Å². The number of hydrogen-bond acceptors (Lipinski definition) is 10. The second-order valence-electron chi connectivity index (χ2n) is 11.1. The second-order valence-corrected chi connectivity index (χ2v) is 11.1. The highest BCUT2D eigenvalue weighted by molar-refractivity contribution is 5.93. The highest BCUT2D eigenvalue weighted by Crippen LogP contribution is 2.34. The molecule has 4 heterocycles. The normalized spacial score (nSPS) is 15.7. The molecule has 216 valence electrons. The van der Waals surface area contributed by atoms with Crippen LogP contribution in [0, 0.1) is 0 Å². The number of anilines is 2. The fourth-order valence-electron chi connectivity index (χ4n) is 5.08. The molecule has 0 radical (unpaired) electrons. The van der Waals surface area contributed by atoms with Gasteiger partial charge in [-0.2, -0.15) is 5.10 Å². The van der Waals surface area contributed by atoms with Gasteiger partial charge in [0.05, 0.1) is 30.0 Å². The molecule has 1 aromatic carbocycles. The lowest BCUT2D eigenvalue weighted by Gasteiger charge is -2.35. The average molecular weight is 562 g/mol. The minimum absolute atomic E-state index is 0.0481. The molecule has 1 aliphatic rings. The first-order chi connectivity index (χ1) is 19.4. The van der Waals surface area contributed by atoms with Crippen LogP contribution in [0.2, 0.25) is 0 Å². The Labute approximate surface area is 237 Å². The molecule has 0 bridgehead atoms. The zero-order valence-electron chi connectivity index (χ0n) is 24.1. The lowest BCUT2D eigenvalue weighted by molar-refractivity contribution is 0.0499. The summed E-state index contributed by atoms with van der Waals surface area (Å²) < 4.78 is 13.7. The molecule has 3 N–H and O–H groups in total. The standard InChI is InChI=1S/C28H35N9O4/c1-28(2,3)41-27(39)31-16-9-8-12-37(15-16)20-11-7-10-17-23(20)35(4)25(33-17)22-24(29)30-14-19(32-22)18-13-21(26(38)40-6)36(5)34-18/h7,10-11,13-14,16H,8-9,12,15H2,1-6H3,(H2,29,30)(H,31,39)/t16-/m1/s1. The number of nitrogens with two attached hydrogens (primary N) is 1. The van der Waals surface area contributed by atoms with E-state index in [-0.39, 0.29) is 17.6 Å². The molecule has 0 saturated carbocycles. The van der Waals surface area contributed by atoms with Crippen molar-refractivity contribution in [3.8, 4) is 22.9 Å². The molecule has 1 amide bonds. The number of nitrogens with one attached hydrogen (secondary N) is 1. The van der Waals surface area contributed by atoms with Crippen molar-refractivity contribution in [2.45, 2.75) is 45.3 Å². The molecule has 41 heavy (non-hydrogen) atoms. The summed E-state index contributed by atoms with van der Waals surface area (Å²) in [6, 6.07) is 7.51. The third-order valence-electron chi connectivity index (χ3n) is 6.91. The van der Waals surface area contributed by atoms with Gasteiger partial charge < -0.3 is 30.0 Å². The number of amides is 1. The number of aryl methyl sites for hydroxylation is 2. The number of alkyl carbamates (subject to hydrolysis) is 1. The molecule has 0 unspecified atom stereocenters. The Morgan fingerprint density at radius 3 is 2.66 bits per heavy atom. The number of benzene rings is 1. The van der Waals surface area contributed by atoms with Crippen LogP contribution < -0.4 is 16.0 Å². The van der Waals surface area contributed by atoms with Crippen molar-refractivity contribution in [1.29, 1.82) is 0 Å². The maximum Gasteiger partial charge on any atom is 0.407 e. The molecule has 5 rings (SSSR count). The van der Waals surface area contributed by atoms with E-state index in [4.69, 9.17) is 25.2 Å². The average Bonchev–Trinajstić information content (AvgIpc) is 3.47. The number of imidazole rings is 1. The zero-order chi connectivity index (χ0) is 29.5. The van der Waals surface area contributed by atoms with Gasteiger partial charge in [0.2, 0.25) is 0 Å². The monoisotopic (exact) mass is 561 g/mol. The van der Waals surface area contributed by atoms with Crippen LogP contribution in [0.5, 0.6) is 0 Å². The van der Waals surface area contributed by atoms with E-state index in [0.717, 1.165) is 36.1 Å². The van der Waals surface area contributed by atoms with Crippen LogP contribution in [-0.4, -0.2) is 73.2 Å². The summed E-state index contributed by atoms with van der Waals surface area (Å²) in [5.41, 5.74) is 10.0. The Bertz CT molecular complexity index is 1620. The predicted octanol–water partition coefficient (Wildman–Crippen LogP) is 3.29. The number of hydrogen-bond donors (Lipinski definition) is 2. The number of methoxy groups -OCH3 is 1. The number of nitrogens with zero attached hydrogens (tertiary/aromatic N) is 7. The SMILES string of the molecule is COC(=O)c1cc(-c2cnc(N)c(-c3nc4cccc(N5CCC[C@@H](NC(=O)OC(C)(C)C)C5)c4n3C)n2)nn1C. The second kappa shape index (κ2) is 10.7. The van der Waals surface area contributed by atoms with Crippen LogP contribution in [0.3, 0.4) is 0 Å². The number of nitrogen functional groups attached to an aromatic ring is 1. The lowest BCUT2D eigenvalue weighted by atomic mass is 10.0. The minimum Gasteiger partial charge on any atom is -0.464 e. The molecule has 4 aromatic rings. The van der Waals surface area contributed by atoms with E-state index in [2.05, 4.69) is 26.4 Å². The zero-order valence-corrected chi connectivity index (χ0v) is 24.1. The molecule has 1 saturated heterocycles. The van der Waals surface area contributed by atoms with Gasteiger partial charge in [0.25, 0.3) is 0 Å². The fourth-order valence-corrected chi connectivity index (χ4v) is 5.08. The predicted molar refractivity (Wildman–Crippen MR) is 154 cm³/mol. The van der Waals surface area contributed by atoms with Gasteiger partial charge in [0, 0.05) is 39.3 Å². The highest BCUT2D eigenvalue weighted by Gasteiger charge is 2.27. The third kappa shape index (κ3) is 5.65. The molecule has 0 aliphatic carbocycles. The van der Waals surface area contributed by atoms with Crippen LogP contribution in [0.25, 0.3) is 33.9 Å². The Morgan fingerprint density at radius 2 is 1.93 bits per heavy atom. The van der Waals surface area contributed by atoms with Crippen molar-refractivity contribution in [3.05, 3.63) is 36.2 Å². The van der Waals surface area contributed by atoms with E-state index in [1.165, 1.54) is 18.0 Å². The molecule has 3 aromatic heterocycles. The van der Waals surface area contributed by atoms with Gasteiger partial charge in [-0.05, 0) is 45.7 Å². The fraction of sp³-hybridized carbons (Fsp3) is 0.429. The first kappa shape index (κ1) is 27.9. The van der Waals surface area contributed by atoms with Crippen LogP contribution in [0.15, 0.2) is 30.5 Å². The molecule has 13 heteroatoms. The molecule has 0 spiro atoms. The molecular weight excluding hydrogens is 526 g/mol. The first-order valence-corrected chi connectivity index (χ1v) is 13.4. The van der Waals surface area contributed by atoms with Gasteiger partial charge in [0.1, 0.15) is 28.4 Å². The van der Waals surface area contributed by atoms with Crippen LogP contribution >= 0.6 is 0 Å². The van der Waals surface area contributed by atoms with E-state index in [0.29, 0.717) is 29.5 Å². The lowest BCUT2D eigenvalue weighted by Crippen LogP contribution is -2.49. The number of fused-ring (bicyclic) bond motifs is 1. The summed E-state index contributed by atoms with van der Waals surface area (Å²) >= 11 is 0. The quantitative estimate of drug-likeness (QED) is 0.347. The number of ether oxygens (including phenoxy) is 2. The minimum atomic E-state index is -0.558. The number of carbonyl (C=O) groups is 2. The van der Waals surface area contributed by atoms with Crippen molar-refractivity contribution in [3.63, 3.8) is 0 Å². The number of piperidine rings is 1. The van der Waals surface area contributed by atoms with Crippen LogP contribution in [-0.2, 0) is 23.6 Å². The Hall–Kier alpha value is -4.68. The summed E-state index contributed by atoms with van der Waals surface area (Å²) in [6.07, 6.45) is 2.89. The van der Waals surface area contributed by atoms with Crippen molar-refractivity contribution in [2.75, 3.05) is 30.8 Å². The van der Waals surface area contributed by atoms with E-state index < -0.39 is 17.7 Å². The van der Waals surface area contributed by atoms with Gasteiger partial charge in [-0.1, -0.05) is 6.07 Å². The summed E-state index contributed by atoms with van der Waals surface area (Å²) in [5, 5.41) is 7.42. The number of aromatic nitrogens is 6. The van der Waals surface area contributed by atoms with E-state index in [1.54, 1.807) is 13.1 Å². The molecule has 1 fully saturated rings. The van der Waals surface area contributed by atoms with Crippen LogP contribution in [0.4, 0.5) is 16.3 Å². The van der Waals surface area contributed by atoms with Gasteiger partial charge >= 0.3 is 12.1 Å². The number of carbonyl (C=O) groups excluding carboxylic acids is 2. The highest BCUT2D eigenvalue weighted by atomic mass is 16.6. The van der Waals surface area contributed by atoms with Gasteiger partial charge in [0.15, 0.2) is 11.6 Å². The summed E-state index contributed by atoms with van der Waals surface area (Å²) in [4.78, 5) is 40.7. The maximum atomic E-state index is 12.4. The summed E-state index contributed by atoms with van der Waals surface area (Å²) in [7, 11) is 4.89. The number of rotatable bonds is 5. The Balaban J connectivity index is 1.47. The van der Waals surface area contributed by atoms with Crippen LogP contribution in [0.1, 0.15) is 44.1 Å². The summed E-state index contributed by atoms with van der Waals surface area (Å²) in [6.45, 7) is 7.03. The molecular formula is C28H35N9O4. The van der Waals surface area contributed by atoms with Crippen molar-refractivity contribution in [2.24, 2.45) is 14.1 Å². The van der Waals surface area contributed by atoms with E-state index in [1.807, 2.05) is 44.5 Å². The van der Waals surface area contributed by atoms with Gasteiger partial charge in [-0.25, -0.2) is 24.5 Å². The van der Waals surface area contributed by atoms with E-state index in [9.17, 15) is 9.59 Å². The van der Waals surface area contributed by atoms with E-state index >= 15 is 0 Å². The number of esters is 1. The van der Waals surface area contributed by atoms with Crippen molar-refractivity contribution < 1.29 is 19.1 Å². The summed E-state index contributed by atoms with van der Waals surface area (Å²) in [5.74, 6) is 0.264. The molecule has 1 aliphatic heterocycles. The van der Waals surface area contributed by atoms with Crippen molar-refractivity contribution in [1.82, 2.24) is 34.6 Å². The smallest absolute Gasteiger partial charge is 0.407 e. The number of para-hydroxylation sites is 1. The first-order valence-electron chi connectivity index (χ1n) is 13.4. The largest absolute Gasteiger partial charge is 0.464 e. The topological polar surface area (TPSA) is 155 Å². The molecule has 1 atom stereocenters. The Kier molecular flexibility index (Phi) is 7.28. The maximum absolute atomic E-state index is 12.4. The van der Waals surface area contributed by atoms with Crippen molar-refractivity contribution >= 4 is 34.6 Å².